The molecule has 0 atom stereocenters. The minimum atomic E-state index is -1.23. The molecular weight excluding hydrogens is 611 g/mol. The maximum Gasteiger partial charge on any atom is 0.408 e. The number of rotatable bonds is 7. The van der Waals surface area contributed by atoms with Crippen molar-refractivity contribution in [2.24, 2.45) is 0 Å². The first kappa shape index (κ1) is 34.5. The first-order valence-electron chi connectivity index (χ1n) is 15.0. The van der Waals surface area contributed by atoms with Crippen LogP contribution in [0.15, 0.2) is 48.5 Å². The lowest BCUT2D eigenvalue weighted by Crippen LogP contribution is -2.53. The number of nitrogen functional groups attached to an aromatic ring is 1. The van der Waals surface area contributed by atoms with Crippen LogP contribution in [0.5, 0.6) is 0 Å². The number of amides is 3. The molecule has 1 aliphatic heterocycles. The predicted molar refractivity (Wildman–Crippen MR) is 182 cm³/mol. The average molecular weight is 653 g/mol. The molecule has 0 radical (unpaired) electrons. The van der Waals surface area contributed by atoms with Crippen LogP contribution < -0.4 is 26.6 Å². The van der Waals surface area contributed by atoms with Gasteiger partial charge in [-0.1, -0.05) is 29.8 Å². The number of nitrogens with one attached hydrogen (secondary N) is 3. The highest BCUT2D eigenvalue weighted by Gasteiger charge is 2.32. The summed E-state index contributed by atoms with van der Waals surface area (Å²) in [5, 5.41) is 8.42. The van der Waals surface area contributed by atoms with Crippen molar-refractivity contribution in [1.82, 2.24) is 10.2 Å². The molecule has 0 bridgehead atoms. The molecule has 3 amide bonds. The van der Waals surface area contributed by atoms with Crippen molar-refractivity contribution in [3.63, 3.8) is 0 Å². The fourth-order valence-corrected chi connectivity index (χ4v) is 5.16. The van der Waals surface area contributed by atoms with E-state index in [1.807, 2.05) is 30.3 Å². The van der Waals surface area contributed by atoms with E-state index in [1.165, 1.54) is 13.0 Å². The molecule has 1 aliphatic rings. The number of piperazine rings is 1. The number of likely N-dealkylation sites (N-methyl/N-ethyl adjacent to an activating group) is 1. The van der Waals surface area contributed by atoms with Crippen LogP contribution in [0.3, 0.4) is 0 Å². The van der Waals surface area contributed by atoms with Gasteiger partial charge >= 0.3 is 6.09 Å². The number of anilines is 4. The molecule has 3 aromatic rings. The molecular formula is C34H42ClFN6O4. The van der Waals surface area contributed by atoms with Crippen molar-refractivity contribution in [2.45, 2.75) is 52.7 Å². The Labute approximate surface area is 274 Å². The van der Waals surface area contributed by atoms with Crippen molar-refractivity contribution in [2.75, 3.05) is 54.5 Å². The highest BCUT2D eigenvalue weighted by atomic mass is 35.5. The molecule has 10 nitrogen and oxygen atoms in total. The lowest BCUT2D eigenvalue weighted by Gasteiger charge is -2.35. The highest BCUT2D eigenvalue weighted by molar-refractivity contribution is 6.35. The fourth-order valence-electron chi connectivity index (χ4n) is 4.94. The number of halogens is 2. The first-order chi connectivity index (χ1) is 21.4. The number of alkyl carbamates (subject to hydrolysis) is 1. The Bertz CT molecular complexity index is 1630. The predicted octanol–water partition coefficient (Wildman–Crippen LogP) is 6.28. The molecule has 246 valence electrons. The Morgan fingerprint density at radius 2 is 1.52 bits per heavy atom. The van der Waals surface area contributed by atoms with E-state index in [2.05, 4.69) is 32.8 Å². The lowest BCUT2D eigenvalue weighted by molar-refractivity contribution is -0.121. The summed E-state index contributed by atoms with van der Waals surface area (Å²) in [4.78, 5) is 43.1. The molecule has 0 aromatic heterocycles. The second kappa shape index (κ2) is 13.6. The molecule has 1 fully saturated rings. The summed E-state index contributed by atoms with van der Waals surface area (Å²) in [7, 11) is 2.07. The summed E-state index contributed by atoms with van der Waals surface area (Å²) < 4.78 is 19.6. The minimum absolute atomic E-state index is 0.00334. The molecule has 3 aromatic carbocycles. The standard InChI is InChI=1S/C34H42ClFN6O4/c1-20-28(35)24(19-25(37)29(20)36)30(43)39-26-18-22(10-13-27(26)42-16-14-41(7)15-17-42)21-8-11-23(12-9-21)38-31(44)34(5,6)40-32(45)46-33(2,3)4/h8-13,18-19H,14-17,37H2,1-7H3,(H,38,44)(H,39,43)(H,40,45). The van der Waals surface area contributed by atoms with Crippen LogP contribution in [0, 0.1) is 12.7 Å². The fraction of sp³-hybridized carbons (Fsp3) is 0.382. The zero-order valence-corrected chi connectivity index (χ0v) is 28.1. The molecule has 0 spiro atoms. The number of nitrogens with zero attached hydrogens (tertiary/aromatic N) is 2. The molecule has 5 N–H and O–H groups in total. The van der Waals surface area contributed by atoms with Gasteiger partial charge in [0, 0.05) is 37.4 Å². The number of hydrogen-bond donors (Lipinski definition) is 4. The molecule has 46 heavy (non-hydrogen) atoms. The lowest BCUT2D eigenvalue weighted by atomic mass is 10.0. The highest BCUT2D eigenvalue weighted by Crippen LogP contribution is 2.35. The van der Waals surface area contributed by atoms with Gasteiger partial charge in [-0.2, -0.15) is 0 Å². The first-order valence-corrected chi connectivity index (χ1v) is 15.4. The molecule has 12 heteroatoms. The van der Waals surface area contributed by atoms with Gasteiger partial charge in [-0.05, 0) is 90.0 Å². The number of hydrogen-bond acceptors (Lipinski definition) is 7. The van der Waals surface area contributed by atoms with E-state index in [0.29, 0.717) is 11.4 Å². The van der Waals surface area contributed by atoms with Gasteiger partial charge in [0.15, 0.2) is 5.82 Å². The van der Waals surface area contributed by atoms with Gasteiger partial charge in [0.05, 0.1) is 27.6 Å². The smallest absolute Gasteiger partial charge is 0.408 e. The van der Waals surface area contributed by atoms with Crippen molar-refractivity contribution >= 4 is 52.3 Å². The third-order valence-electron chi connectivity index (χ3n) is 7.64. The zero-order chi connectivity index (χ0) is 34.0. The van der Waals surface area contributed by atoms with E-state index in [-0.39, 0.29) is 21.8 Å². The molecule has 1 saturated heterocycles. The maximum absolute atomic E-state index is 14.3. The second-order valence-corrected chi connectivity index (χ2v) is 13.4. The van der Waals surface area contributed by atoms with Crippen LogP contribution in [0.4, 0.5) is 31.9 Å². The van der Waals surface area contributed by atoms with Gasteiger partial charge in [-0.15, -0.1) is 0 Å². The second-order valence-electron chi connectivity index (χ2n) is 13.0. The normalized spacial score (nSPS) is 14.1. The Morgan fingerprint density at radius 3 is 2.13 bits per heavy atom. The quantitative estimate of drug-likeness (QED) is 0.221. The van der Waals surface area contributed by atoms with Crippen LogP contribution in [0.1, 0.15) is 50.5 Å². The van der Waals surface area contributed by atoms with E-state index >= 15 is 0 Å². The summed E-state index contributed by atoms with van der Waals surface area (Å²) in [5.74, 6) is -1.57. The maximum atomic E-state index is 14.3. The third-order valence-corrected chi connectivity index (χ3v) is 8.13. The number of benzene rings is 3. The monoisotopic (exact) mass is 652 g/mol. The molecule has 0 unspecified atom stereocenters. The van der Waals surface area contributed by atoms with Crippen LogP contribution >= 0.6 is 11.6 Å². The molecule has 0 aliphatic carbocycles. The van der Waals surface area contributed by atoms with Gasteiger partial charge in [0.2, 0.25) is 5.91 Å². The number of ether oxygens (including phenoxy) is 1. The SMILES string of the molecule is Cc1c(F)c(N)cc(C(=O)Nc2cc(-c3ccc(NC(=O)C(C)(C)NC(=O)OC(C)(C)C)cc3)ccc2N2CCN(C)CC2)c1Cl. The van der Waals surface area contributed by atoms with E-state index in [4.69, 9.17) is 22.1 Å². The Morgan fingerprint density at radius 1 is 0.913 bits per heavy atom. The van der Waals surface area contributed by atoms with Crippen molar-refractivity contribution < 1.29 is 23.5 Å². The van der Waals surface area contributed by atoms with Crippen LogP contribution in [0.25, 0.3) is 11.1 Å². The van der Waals surface area contributed by atoms with Crippen LogP contribution in [0.2, 0.25) is 5.02 Å². The number of carbonyl (C=O) groups is 3. The Hall–Kier alpha value is -4.35. The summed E-state index contributed by atoms with van der Waals surface area (Å²) in [5.41, 5.74) is 7.52. The average Bonchev–Trinajstić information content (AvgIpc) is 2.97. The van der Waals surface area contributed by atoms with Crippen molar-refractivity contribution in [1.29, 1.82) is 0 Å². The van der Waals surface area contributed by atoms with Crippen LogP contribution in [-0.4, -0.2) is 67.2 Å². The molecule has 0 saturated carbocycles. The number of carbonyl (C=O) groups excluding carboxylic acids is 3. The van der Waals surface area contributed by atoms with E-state index in [0.717, 1.165) is 43.0 Å². The summed E-state index contributed by atoms with van der Waals surface area (Å²) in [6, 6.07) is 14.3. The van der Waals surface area contributed by atoms with Gasteiger partial charge in [0.25, 0.3) is 5.91 Å². The van der Waals surface area contributed by atoms with E-state index < -0.39 is 34.9 Å². The molecule has 1 heterocycles. The minimum Gasteiger partial charge on any atom is -0.444 e. The Kier molecular flexibility index (Phi) is 10.2. The van der Waals surface area contributed by atoms with Crippen molar-refractivity contribution in [3.05, 3.63) is 70.5 Å². The van der Waals surface area contributed by atoms with Crippen molar-refractivity contribution in [3.8, 4) is 11.1 Å². The third kappa shape index (κ3) is 8.27. The van der Waals surface area contributed by atoms with Gasteiger partial charge in [0.1, 0.15) is 11.1 Å². The van der Waals surface area contributed by atoms with E-state index in [9.17, 15) is 18.8 Å². The summed E-state index contributed by atoms with van der Waals surface area (Å²) in [6.07, 6.45) is -0.689. The summed E-state index contributed by atoms with van der Waals surface area (Å²) >= 11 is 6.36. The Balaban J connectivity index is 1.57. The molecule has 4 rings (SSSR count). The van der Waals surface area contributed by atoms with Gasteiger partial charge < -0.3 is 36.2 Å². The van der Waals surface area contributed by atoms with E-state index in [1.54, 1.807) is 46.8 Å². The topological polar surface area (TPSA) is 129 Å². The van der Waals surface area contributed by atoms with Gasteiger partial charge in [-0.25, -0.2) is 9.18 Å². The largest absolute Gasteiger partial charge is 0.444 e. The van der Waals surface area contributed by atoms with Crippen LogP contribution in [-0.2, 0) is 9.53 Å². The zero-order valence-electron chi connectivity index (χ0n) is 27.3. The summed E-state index contributed by atoms with van der Waals surface area (Å²) in [6.45, 7) is 13.2. The number of nitrogens with two attached hydrogens (primary N) is 1. The van der Waals surface area contributed by atoms with Gasteiger partial charge in [-0.3, -0.25) is 9.59 Å².